The Labute approximate surface area is 176 Å². The Morgan fingerprint density at radius 1 is 1.20 bits per heavy atom. The Bertz CT molecular complexity index is 1020. The van der Waals surface area contributed by atoms with E-state index in [-0.39, 0.29) is 21.8 Å². The first-order chi connectivity index (χ1) is 14.1. The SMILES string of the molecule is Cc1c(N[C@@H](C(=O)NNC(=O)c2ccc([N+](=O)[O-])cc2)[C@H](C)O)ccc(C#N)c1Cl. The van der Waals surface area contributed by atoms with E-state index in [0.717, 1.165) is 12.1 Å². The van der Waals surface area contributed by atoms with Crippen molar-refractivity contribution in [3.63, 3.8) is 0 Å². The highest BCUT2D eigenvalue weighted by Crippen LogP contribution is 2.27. The summed E-state index contributed by atoms with van der Waals surface area (Å²) in [6, 6.07) is 8.64. The van der Waals surface area contributed by atoms with Crippen molar-refractivity contribution in [2.24, 2.45) is 0 Å². The average molecular weight is 432 g/mol. The number of nitrogens with one attached hydrogen (secondary N) is 3. The molecule has 0 spiro atoms. The van der Waals surface area contributed by atoms with Crippen LogP contribution in [0.2, 0.25) is 5.02 Å². The number of nitriles is 1. The van der Waals surface area contributed by atoms with Gasteiger partial charge in [-0.2, -0.15) is 5.26 Å². The van der Waals surface area contributed by atoms with Gasteiger partial charge in [0.2, 0.25) is 0 Å². The van der Waals surface area contributed by atoms with E-state index in [1.807, 2.05) is 6.07 Å². The molecule has 0 heterocycles. The number of aliphatic hydroxyl groups excluding tert-OH is 1. The van der Waals surface area contributed by atoms with Crippen LogP contribution >= 0.6 is 11.6 Å². The van der Waals surface area contributed by atoms with E-state index in [1.54, 1.807) is 13.0 Å². The molecular weight excluding hydrogens is 414 g/mol. The van der Waals surface area contributed by atoms with Gasteiger partial charge in [0.1, 0.15) is 12.1 Å². The van der Waals surface area contributed by atoms with Crippen molar-refractivity contribution >= 4 is 34.8 Å². The molecule has 0 radical (unpaired) electrons. The zero-order chi connectivity index (χ0) is 22.4. The molecule has 0 bridgehead atoms. The number of carbonyl (C=O) groups excluding carboxylic acids is 2. The van der Waals surface area contributed by atoms with Gasteiger partial charge >= 0.3 is 0 Å². The summed E-state index contributed by atoms with van der Waals surface area (Å²) in [6.07, 6.45) is -1.14. The molecule has 2 amide bonds. The van der Waals surface area contributed by atoms with Crippen LogP contribution in [0.15, 0.2) is 36.4 Å². The van der Waals surface area contributed by atoms with Crippen molar-refractivity contribution in [3.8, 4) is 6.07 Å². The molecule has 2 aromatic carbocycles. The number of non-ortho nitro benzene ring substituents is 1. The third kappa shape index (κ3) is 5.22. The summed E-state index contributed by atoms with van der Waals surface area (Å²) < 4.78 is 0. The number of aliphatic hydroxyl groups is 1. The molecule has 0 saturated heterocycles. The quantitative estimate of drug-likeness (QED) is 0.402. The fourth-order valence-corrected chi connectivity index (χ4v) is 2.71. The number of nitro groups is 1. The predicted molar refractivity (Wildman–Crippen MR) is 109 cm³/mol. The number of carbonyl (C=O) groups is 2. The monoisotopic (exact) mass is 431 g/mol. The molecule has 0 aromatic heterocycles. The van der Waals surface area contributed by atoms with Crippen LogP contribution in [0.3, 0.4) is 0 Å². The first-order valence-corrected chi connectivity index (χ1v) is 9.02. The fourth-order valence-electron chi connectivity index (χ4n) is 2.50. The maximum Gasteiger partial charge on any atom is 0.269 e. The summed E-state index contributed by atoms with van der Waals surface area (Å²) >= 11 is 6.12. The third-order valence-corrected chi connectivity index (χ3v) is 4.71. The minimum absolute atomic E-state index is 0.0946. The standard InChI is InChI=1S/C19H18ClN5O5/c1-10-15(8-5-13(9-21)16(10)20)22-17(11(2)26)19(28)24-23-18(27)12-3-6-14(7-4-12)25(29)30/h3-8,11,17,22,26H,1-2H3,(H,23,27)(H,24,28)/t11-,17+/m0/s1. The van der Waals surface area contributed by atoms with E-state index in [1.165, 1.54) is 25.1 Å². The molecule has 0 aliphatic rings. The van der Waals surface area contributed by atoms with Gasteiger partial charge in [0.25, 0.3) is 17.5 Å². The van der Waals surface area contributed by atoms with Crippen molar-refractivity contribution in [1.82, 2.24) is 10.9 Å². The Kier molecular flexibility index (Phi) is 7.30. The second-order valence-electron chi connectivity index (χ2n) is 6.32. The number of halogens is 1. The molecule has 11 heteroatoms. The molecule has 30 heavy (non-hydrogen) atoms. The van der Waals surface area contributed by atoms with Crippen LogP contribution in [-0.2, 0) is 4.79 Å². The Morgan fingerprint density at radius 2 is 1.83 bits per heavy atom. The van der Waals surface area contributed by atoms with Crippen LogP contribution in [0.4, 0.5) is 11.4 Å². The lowest BCUT2D eigenvalue weighted by atomic mass is 10.1. The third-order valence-electron chi connectivity index (χ3n) is 4.22. The summed E-state index contributed by atoms with van der Waals surface area (Å²) in [5.74, 6) is -1.43. The van der Waals surface area contributed by atoms with Crippen LogP contribution in [0, 0.1) is 28.4 Å². The predicted octanol–water partition coefficient (Wildman–Crippen LogP) is 2.05. The number of benzene rings is 2. The second kappa shape index (κ2) is 9.69. The minimum Gasteiger partial charge on any atom is -0.391 e. The number of hydrogen-bond donors (Lipinski definition) is 4. The molecule has 0 aliphatic carbocycles. The van der Waals surface area contributed by atoms with Crippen LogP contribution in [0.25, 0.3) is 0 Å². The summed E-state index contributed by atoms with van der Waals surface area (Å²) in [7, 11) is 0. The molecule has 2 atom stereocenters. The molecule has 0 saturated carbocycles. The van der Waals surface area contributed by atoms with Crippen molar-refractivity contribution in [2.45, 2.75) is 26.0 Å². The van der Waals surface area contributed by atoms with Crippen molar-refractivity contribution in [3.05, 3.63) is 68.2 Å². The zero-order valence-electron chi connectivity index (χ0n) is 16.0. The number of rotatable bonds is 6. The summed E-state index contributed by atoms with van der Waals surface area (Å²) in [5, 5.41) is 32.7. The lowest BCUT2D eigenvalue weighted by Crippen LogP contribution is -2.52. The largest absolute Gasteiger partial charge is 0.391 e. The highest BCUT2D eigenvalue weighted by molar-refractivity contribution is 6.32. The van der Waals surface area contributed by atoms with Gasteiger partial charge in [-0.1, -0.05) is 11.6 Å². The molecule has 0 aliphatic heterocycles. The van der Waals surface area contributed by atoms with Crippen LogP contribution in [0.1, 0.15) is 28.4 Å². The van der Waals surface area contributed by atoms with Gasteiger partial charge in [0, 0.05) is 23.4 Å². The second-order valence-corrected chi connectivity index (χ2v) is 6.70. The smallest absolute Gasteiger partial charge is 0.269 e. The maximum absolute atomic E-state index is 12.5. The number of nitrogens with zero attached hydrogens (tertiary/aromatic N) is 2. The maximum atomic E-state index is 12.5. The topological polar surface area (TPSA) is 157 Å². The molecule has 0 fully saturated rings. The van der Waals surface area contributed by atoms with Crippen molar-refractivity contribution < 1.29 is 19.6 Å². The highest BCUT2D eigenvalue weighted by Gasteiger charge is 2.25. The Morgan fingerprint density at radius 3 is 2.37 bits per heavy atom. The van der Waals surface area contributed by atoms with E-state index >= 15 is 0 Å². The van der Waals surface area contributed by atoms with Crippen LogP contribution < -0.4 is 16.2 Å². The van der Waals surface area contributed by atoms with Crippen LogP contribution in [-0.4, -0.2) is 34.0 Å². The molecule has 156 valence electrons. The normalized spacial score (nSPS) is 12.2. The van der Waals surface area contributed by atoms with Crippen LogP contribution in [0.5, 0.6) is 0 Å². The average Bonchev–Trinajstić information content (AvgIpc) is 2.72. The molecule has 4 N–H and O–H groups in total. The van der Waals surface area contributed by atoms with Gasteiger partial charge in [-0.05, 0) is 43.7 Å². The summed E-state index contributed by atoms with van der Waals surface area (Å²) in [6.45, 7) is 3.04. The van der Waals surface area contributed by atoms with Gasteiger partial charge < -0.3 is 10.4 Å². The van der Waals surface area contributed by atoms with Gasteiger partial charge in [-0.15, -0.1) is 0 Å². The van der Waals surface area contributed by atoms with Gasteiger partial charge in [0.05, 0.1) is 21.6 Å². The van der Waals surface area contributed by atoms with E-state index in [2.05, 4.69) is 16.2 Å². The van der Waals surface area contributed by atoms with Gasteiger partial charge in [-0.3, -0.25) is 30.6 Å². The number of hydrazine groups is 1. The molecule has 0 unspecified atom stereocenters. The molecule has 2 aromatic rings. The number of nitro benzene ring substituents is 1. The lowest BCUT2D eigenvalue weighted by Gasteiger charge is -2.23. The first kappa shape index (κ1) is 22.6. The van der Waals surface area contributed by atoms with Crippen molar-refractivity contribution in [2.75, 3.05) is 5.32 Å². The molecule has 10 nitrogen and oxygen atoms in total. The Balaban J connectivity index is 2.07. The molecular formula is C19H18ClN5O5. The van der Waals surface area contributed by atoms with E-state index in [9.17, 15) is 24.8 Å². The van der Waals surface area contributed by atoms with Crippen molar-refractivity contribution in [1.29, 1.82) is 5.26 Å². The van der Waals surface area contributed by atoms with E-state index in [4.69, 9.17) is 16.9 Å². The summed E-state index contributed by atoms with van der Waals surface area (Å²) in [4.78, 5) is 34.7. The number of anilines is 1. The van der Waals surface area contributed by atoms with Gasteiger partial charge in [0.15, 0.2) is 0 Å². The fraction of sp³-hybridized carbons (Fsp3) is 0.211. The lowest BCUT2D eigenvalue weighted by molar-refractivity contribution is -0.384. The van der Waals surface area contributed by atoms with E-state index < -0.39 is 28.9 Å². The Hall–Kier alpha value is -3.68. The number of hydrogen-bond acceptors (Lipinski definition) is 7. The van der Waals surface area contributed by atoms with E-state index in [0.29, 0.717) is 11.3 Å². The zero-order valence-corrected chi connectivity index (χ0v) is 16.7. The van der Waals surface area contributed by atoms with Gasteiger partial charge in [-0.25, -0.2) is 0 Å². The highest BCUT2D eigenvalue weighted by atomic mass is 35.5. The number of amides is 2. The minimum atomic E-state index is -1.15. The first-order valence-electron chi connectivity index (χ1n) is 8.64. The molecule has 2 rings (SSSR count). The summed E-state index contributed by atoms with van der Waals surface area (Å²) in [5.41, 5.74) is 5.52.